The van der Waals surface area contributed by atoms with Crippen molar-refractivity contribution in [2.45, 2.75) is 20.3 Å². The Balaban J connectivity index is 1.67. The number of aromatic nitrogens is 2. The van der Waals surface area contributed by atoms with Gasteiger partial charge in [-0.05, 0) is 63.8 Å². The highest BCUT2D eigenvalue weighted by atomic mass is 19.1. The van der Waals surface area contributed by atoms with Crippen molar-refractivity contribution in [3.05, 3.63) is 53.5 Å². The molecule has 0 fully saturated rings. The van der Waals surface area contributed by atoms with E-state index < -0.39 is 11.8 Å². The van der Waals surface area contributed by atoms with E-state index in [1.54, 1.807) is 0 Å². The minimum absolute atomic E-state index is 0.0399. The molecule has 2 aromatic carbocycles. The van der Waals surface area contributed by atoms with Crippen molar-refractivity contribution in [3.63, 3.8) is 0 Å². The predicted molar refractivity (Wildman–Crippen MR) is 120 cm³/mol. The minimum atomic E-state index is -0.518. The first-order valence-corrected chi connectivity index (χ1v) is 9.83. The van der Waals surface area contributed by atoms with Gasteiger partial charge in [0.2, 0.25) is 5.95 Å². The monoisotopic (exact) mass is 410 g/mol. The Morgan fingerprint density at radius 3 is 2.57 bits per heavy atom. The van der Waals surface area contributed by atoms with Crippen LogP contribution < -0.4 is 16.0 Å². The van der Waals surface area contributed by atoms with E-state index in [0.29, 0.717) is 12.2 Å². The van der Waals surface area contributed by atoms with Gasteiger partial charge >= 0.3 is 6.03 Å². The summed E-state index contributed by atoms with van der Waals surface area (Å²) in [7, 11) is 3.96. The standard InChI is InChI=1S/C22H27FN6O/c1-14-6-7-16-8-9-18(13-17(16)12-14)26-22(30)28-21-25-15(2)19(23)20(27-21)24-10-5-11-29(3)4/h6-9,12-13H,5,10-11H2,1-4H3,(H3,24,25,26,27,28,30). The van der Waals surface area contributed by atoms with E-state index in [0.717, 1.165) is 29.3 Å². The molecule has 3 rings (SSSR count). The summed E-state index contributed by atoms with van der Waals surface area (Å²) in [6, 6.07) is 11.3. The highest BCUT2D eigenvalue weighted by Crippen LogP contribution is 2.21. The quantitative estimate of drug-likeness (QED) is 0.503. The highest BCUT2D eigenvalue weighted by Gasteiger charge is 2.13. The average Bonchev–Trinajstić information content (AvgIpc) is 2.68. The molecule has 1 aromatic heterocycles. The molecule has 3 N–H and O–H groups in total. The Labute approximate surface area is 175 Å². The molecular formula is C22H27FN6O. The summed E-state index contributed by atoms with van der Waals surface area (Å²) in [5.74, 6) is -0.397. The molecule has 0 radical (unpaired) electrons. The van der Waals surface area contributed by atoms with Crippen LogP contribution in [0.3, 0.4) is 0 Å². The fraction of sp³-hybridized carbons (Fsp3) is 0.318. The molecule has 0 bridgehead atoms. The van der Waals surface area contributed by atoms with Crippen LogP contribution in [0.25, 0.3) is 10.8 Å². The Morgan fingerprint density at radius 1 is 1.03 bits per heavy atom. The maximum Gasteiger partial charge on any atom is 0.326 e. The van der Waals surface area contributed by atoms with E-state index in [1.165, 1.54) is 6.92 Å². The number of fused-ring (bicyclic) bond motifs is 1. The first-order chi connectivity index (χ1) is 14.3. The van der Waals surface area contributed by atoms with Crippen LogP contribution in [0.5, 0.6) is 0 Å². The van der Waals surface area contributed by atoms with Crippen LogP contribution in [0.2, 0.25) is 0 Å². The zero-order chi connectivity index (χ0) is 21.7. The summed E-state index contributed by atoms with van der Waals surface area (Å²) >= 11 is 0. The van der Waals surface area contributed by atoms with Crippen LogP contribution in [-0.2, 0) is 0 Å². The highest BCUT2D eigenvalue weighted by molar-refractivity contribution is 6.00. The van der Waals surface area contributed by atoms with E-state index >= 15 is 0 Å². The molecule has 2 amide bonds. The van der Waals surface area contributed by atoms with Gasteiger partial charge in [-0.2, -0.15) is 4.98 Å². The van der Waals surface area contributed by atoms with Gasteiger partial charge in [0.05, 0.1) is 5.69 Å². The van der Waals surface area contributed by atoms with Gasteiger partial charge in [0.15, 0.2) is 11.6 Å². The first kappa shape index (κ1) is 21.4. The van der Waals surface area contributed by atoms with Gasteiger partial charge in [-0.3, -0.25) is 5.32 Å². The molecule has 0 unspecified atom stereocenters. The molecule has 0 atom stereocenters. The van der Waals surface area contributed by atoms with Crippen LogP contribution in [0.15, 0.2) is 36.4 Å². The predicted octanol–water partition coefficient (Wildman–Crippen LogP) is 4.39. The van der Waals surface area contributed by atoms with E-state index in [4.69, 9.17) is 0 Å². The first-order valence-electron chi connectivity index (χ1n) is 9.83. The second-order valence-corrected chi connectivity index (χ2v) is 7.52. The summed E-state index contributed by atoms with van der Waals surface area (Å²) in [5.41, 5.74) is 1.95. The normalized spacial score (nSPS) is 11.0. The largest absolute Gasteiger partial charge is 0.367 e. The maximum atomic E-state index is 14.3. The van der Waals surface area contributed by atoms with Crippen LogP contribution in [-0.4, -0.2) is 48.1 Å². The summed E-state index contributed by atoms with van der Waals surface area (Å²) < 4.78 is 14.3. The molecule has 3 aromatic rings. The van der Waals surface area contributed by atoms with Gasteiger partial charge in [0.25, 0.3) is 0 Å². The van der Waals surface area contributed by atoms with Crippen molar-refractivity contribution in [2.24, 2.45) is 0 Å². The van der Waals surface area contributed by atoms with Crippen LogP contribution in [0.4, 0.5) is 26.6 Å². The lowest BCUT2D eigenvalue weighted by molar-refractivity contribution is 0.262. The Hall–Kier alpha value is -3.26. The van der Waals surface area contributed by atoms with E-state index in [2.05, 4.69) is 36.9 Å². The van der Waals surface area contributed by atoms with Crippen molar-refractivity contribution in [1.29, 1.82) is 0 Å². The van der Waals surface area contributed by atoms with Crippen LogP contribution in [0, 0.1) is 19.7 Å². The lowest BCUT2D eigenvalue weighted by Gasteiger charge is -2.13. The van der Waals surface area contributed by atoms with Crippen LogP contribution >= 0.6 is 0 Å². The molecule has 30 heavy (non-hydrogen) atoms. The Morgan fingerprint density at radius 2 is 1.80 bits per heavy atom. The van der Waals surface area contributed by atoms with Gasteiger partial charge in [-0.15, -0.1) is 0 Å². The second-order valence-electron chi connectivity index (χ2n) is 7.52. The molecular weight excluding hydrogens is 383 g/mol. The molecule has 0 aliphatic heterocycles. The third-order valence-corrected chi connectivity index (χ3v) is 4.57. The molecule has 0 saturated heterocycles. The van der Waals surface area contributed by atoms with Crippen molar-refractivity contribution in [3.8, 4) is 0 Å². The number of anilines is 3. The number of benzene rings is 2. The van der Waals surface area contributed by atoms with Gasteiger partial charge < -0.3 is 15.5 Å². The molecule has 0 aliphatic rings. The summed E-state index contributed by atoms with van der Waals surface area (Å²) in [5, 5.41) is 10.4. The summed E-state index contributed by atoms with van der Waals surface area (Å²) in [4.78, 5) is 22.6. The lowest BCUT2D eigenvalue weighted by atomic mass is 10.1. The summed E-state index contributed by atoms with van der Waals surface area (Å²) in [6.07, 6.45) is 0.834. The SMILES string of the molecule is Cc1ccc2ccc(NC(=O)Nc3nc(C)c(F)c(NCCCN(C)C)n3)cc2c1. The number of carbonyl (C=O) groups excluding carboxylic acids is 1. The van der Waals surface area contributed by atoms with Gasteiger partial charge in [0.1, 0.15) is 0 Å². The van der Waals surface area contributed by atoms with Crippen molar-refractivity contribution < 1.29 is 9.18 Å². The third kappa shape index (κ3) is 5.64. The molecule has 0 spiro atoms. The smallest absolute Gasteiger partial charge is 0.326 e. The van der Waals surface area contributed by atoms with Gasteiger partial charge in [-0.1, -0.05) is 29.8 Å². The number of amides is 2. The number of carbonyl (C=O) groups is 1. The molecule has 158 valence electrons. The molecule has 1 heterocycles. The Kier molecular flexibility index (Phi) is 6.79. The van der Waals surface area contributed by atoms with Gasteiger partial charge in [0, 0.05) is 12.2 Å². The number of hydrogen-bond donors (Lipinski definition) is 3. The third-order valence-electron chi connectivity index (χ3n) is 4.57. The second kappa shape index (κ2) is 9.49. The lowest BCUT2D eigenvalue weighted by Crippen LogP contribution is -2.22. The van der Waals surface area contributed by atoms with Crippen LogP contribution in [0.1, 0.15) is 17.7 Å². The average molecular weight is 410 g/mol. The number of nitrogens with one attached hydrogen (secondary N) is 3. The zero-order valence-electron chi connectivity index (χ0n) is 17.7. The number of hydrogen-bond acceptors (Lipinski definition) is 5. The number of nitrogens with zero attached hydrogens (tertiary/aromatic N) is 3. The molecule has 0 aliphatic carbocycles. The summed E-state index contributed by atoms with van der Waals surface area (Å²) in [6.45, 7) is 4.99. The van der Waals surface area contributed by atoms with Crippen molar-refractivity contribution in [2.75, 3.05) is 43.1 Å². The minimum Gasteiger partial charge on any atom is -0.367 e. The fourth-order valence-corrected chi connectivity index (χ4v) is 3.04. The van der Waals surface area contributed by atoms with Crippen molar-refractivity contribution in [1.82, 2.24) is 14.9 Å². The Bertz CT molecular complexity index is 1050. The number of rotatable bonds is 7. The van der Waals surface area contributed by atoms with Gasteiger partial charge in [-0.25, -0.2) is 14.2 Å². The molecule has 0 saturated carbocycles. The van der Waals surface area contributed by atoms with E-state index in [1.807, 2.05) is 51.4 Å². The van der Waals surface area contributed by atoms with E-state index in [-0.39, 0.29) is 17.5 Å². The zero-order valence-corrected chi connectivity index (χ0v) is 17.7. The topological polar surface area (TPSA) is 82.2 Å². The number of aryl methyl sites for hydroxylation is 2. The number of urea groups is 1. The molecule has 7 nitrogen and oxygen atoms in total. The fourth-order valence-electron chi connectivity index (χ4n) is 3.04. The van der Waals surface area contributed by atoms with Crippen molar-refractivity contribution >= 4 is 34.3 Å². The maximum absolute atomic E-state index is 14.3. The van der Waals surface area contributed by atoms with E-state index in [9.17, 15) is 9.18 Å². The molecule has 8 heteroatoms. The number of halogens is 1.